The van der Waals surface area contributed by atoms with E-state index in [1.165, 1.54) is 6.33 Å². The standard InChI is InChI=1S/C13H23N5O2/c1-5-15-10(19)7-18(6-2)12-11(14)13(17-8-16-12)20-9(3)4/h8-9H,5-7,14H2,1-4H3,(H,15,19). The SMILES string of the molecule is CCNC(=O)CN(CC)c1ncnc(OC(C)C)c1N. The highest BCUT2D eigenvalue weighted by Crippen LogP contribution is 2.28. The zero-order chi connectivity index (χ0) is 15.1. The molecule has 20 heavy (non-hydrogen) atoms. The number of carbonyl (C=O) groups excluding carboxylic acids is 1. The van der Waals surface area contributed by atoms with Crippen LogP contribution in [-0.4, -0.2) is 41.6 Å². The predicted octanol–water partition coefficient (Wildman–Crippen LogP) is 0.808. The Hall–Kier alpha value is -2.05. The van der Waals surface area contributed by atoms with Crippen molar-refractivity contribution in [3.05, 3.63) is 6.33 Å². The molecule has 0 saturated heterocycles. The van der Waals surface area contributed by atoms with Gasteiger partial charge in [-0.1, -0.05) is 0 Å². The van der Waals surface area contributed by atoms with Crippen LogP contribution in [0.1, 0.15) is 27.7 Å². The predicted molar refractivity (Wildman–Crippen MR) is 78.8 cm³/mol. The van der Waals surface area contributed by atoms with Gasteiger partial charge in [0.15, 0.2) is 5.82 Å². The number of rotatable bonds is 7. The van der Waals surface area contributed by atoms with Gasteiger partial charge < -0.3 is 20.7 Å². The van der Waals surface area contributed by atoms with Crippen LogP contribution in [-0.2, 0) is 4.79 Å². The van der Waals surface area contributed by atoms with Crippen molar-refractivity contribution in [1.29, 1.82) is 0 Å². The van der Waals surface area contributed by atoms with E-state index in [1.807, 2.05) is 27.7 Å². The number of ether oxygens (including phenoxy) is 1. The molecule has 112 valence electrons. The summed E-state index contributed by atoms with van der Waals surface area (Å²) in [6.07, 6.45) is 1.36. The average molecular weight is 281 g/mol. The van der Waals surface area contributed by atoms with Gasteiger partial charge in [-0.2, -0.15) is 4.98 Å². The molecule has 1 heterocycles. The van der Waals surface area contributed by atoms with Crippen LogP contribution in [0.3, 0.4) is 0 Å². The Labute approximate surface area is 119 Å². The largest absolute Gasteiger partial charge is 0.473 e. The van der Waals surface area contributed by atoms with Gasteiger partial charge in [0.25, 0.3) is 0 Å². The van der Waals surface area contributed by atoms with E-state index in [2.05, 4.69) is 15.3 Å². The summed E-state index contributed by atoms with van der Waals surface area (Å²) in [6.45, 7) is 9.01. The third-order valence-electron chi connectivity index (χ3n) is 2.56. The molecule has 7 nitrogen and oxygen atoms in total. The van der Waals surface area contributed by atoms with Crippen molar-refractivity contribution in [3.63, 3.8) is 0 Å². The van der Waals surface area contributed by atoms with Crippen molar-refractivity contribution in [2.24, 2.45) is 0 Å². The normalized spacial score (nSPS) is 10.4. The fourth-order valence-electron chi connectivity index (χ4n) is 1.70. The van der Waals surface area contributed by atoms with E-state index >= 15 is 0 Å². The van der Waals surface area contributed by atoms with E-state index in [4.69, 9.17) is 10.5 Å². The molecule has 0 spiro atoms. The third kappa shape index (κ3) is 4.25. The fraction of sp³-hybridized carbons (Fsp3) is 0.615. The summed E-state index contributed by atoms with van der Waals surface area (Å²) >= 11 is 0. The molecule has 0 aliphatic rings. The molecule has 0 atom stereocenters. The number of likely N-dealkylation sites (N-methyl/N-ethyl adjacent to an activating group) is 2. The Morgan fingerprint density at radius 3 is 2.70 bits per heavy atom. The van der Waals surface area contributed by atoms with Gasteiger partial charge in [-0.05, 0) is 27.7 Å². The van der Waals surface area contributed by atoms with Crippen LogP contribution in [0, 0.1) is 0 Å². The molecule has 0 aliphatic heterocycles. The maximum atomic E-state index is 11.7. The van der Waals surface area contributed by atoms with Crippen LogP contribution in [0.15, 0.2) is 6.33 Å². The lowest BCUT2D eigenvalue weighted by Crippen LogP contribution is -2.38. The molecule has 0 bridgehead atoms. The Kier molecular flexibility index (Phi) is 6.02. The van der Waals surface area contributed by atoms with Crippen LogP contribution in [0.2, 0.25) is 0 Å². The van der Waals surface area contributed by atoms with Crippen molar-refractivity contribution in [1.82, 2.24) is 15.3 Å². The Morgan fingerprint density at radius 2 is 2.15 bits per heavy atom. The number of hydrogen-bond donors (Lipinski definition) is 2. The maximum Gasteiger partial charge on any atom is 0.242 e. The maximum absolute atomic E-state index is 11.7. The molecular formula is C13H23N5O2. The van der Waals surface area contributed by atoms with Gasteiger partial charge in [0, 0.05) is 13.1 Å². The molecule has 7 heteroatoms. The van der Waals surface area contributed by atoms with Crippen molar-refractivity contribution < 1.29 is 9.53 Å². The number of nitrogens with zero attached hydrogens (tertiary/aromatic N) is 3. The first-order valence-electron chi connectivity index (χ1n) is 6.78. The van der Waals surface area contributed by atoms with Crippen LogP contribution < -0.4 is 20.7 Å². The van der Waals surface area contributed by atoms with E-state index in [1.54, 1.807) is 4.90 Å². The molecule has 0 aromatic carbocycles. The molecule has 0 unspecified atom stereocenters. The zero-order valence-corrected chi connectivity index (χ0v) is 12.5. The summed E-state index contributed by atoms with van der Waals surface area (Å²) in [5.74, 6) is 0.794. The molecule has 1 rings (SSSR count). The van der Waals surface area contributed by atoms with Crippen LogP contribution in [0.5, 0.6) is 5.88 Å². The highest BCUT2D eigenvalue weighted by Gasteiger charge is 2.17. The minimum Gasteiger partial charge on any atom is -0.473 e. The number of anilines is 2. The second kappa shape index (κ2) is 7.52. The summed E-state index contributed by atoms with van der Waals surface area (Å²) in [7, 11) is 0. The highest BCUT2D eigenvalue weighted by atomic mass is 16.5. The van der Waals surface area contributed by atoms with E-state index in [0.717, 1.165) is 0 Å². The summed E-state index contributed by atoms with van der Waals surface area (Å²) in [4.78, 5) is 21.7. The van der Waals surface area contributed by atoms with E-state index in [0.29, 0.717) is 30.5 Å². The summed E-state index contributed by atoms with van der Waals surface area (Å²) in [6, 6.07) is 0. The first-order valence-corrected chi connectivity index (χ1v) is 6.78. The first kappa shape index (κ1) is 16.0. The van der Waals surface area contributed by atoms with Gasteiger partial charge in [-0.15, -0.1) is 0 Å². The molecule has 3 N–H and O–H groups in total. The van der Waals surface area contributed by atoms with Crippen molar-refractivity contribution in [2.75, 3.05) is 30.3 Å². The van der Waals surface area contributed by atoms with Gasteiger partial charge in [0.05, 0.1) is 12.6 Å². The summed E-state index contributed by atoms with van der Waals surface area (Å²) < 4.78 is 5.53. The van der Waals surface area contributed by atoms with Gasteiger partial charge in [-0.3, -0.25) is 4.79 Å². The Balaban J connectivity index is 2.94. The molecule has 0 fully saturated rings. The molecule has 0 aliphatic carbocycles. The number of aromatic nitrogens is 2. The summed E-state index contributed by atoms with van der Waals surface area (Å²) in [5, 5.41) is 2.75. The van der Waals surface area contributed by atoms with Crippen LogP contribution in [0.25, 0.3) is 0 Å². The van der Waals surface area contributed by atoms with E-state index in [-0.39, 0.29) is 18.6 Å². The van der Waals surface area contributed by atoms with Crippen LogP contribution >= 0.6 is 0 Å². The van der Waals surface area contributed by atoms with E-state index < -0.39 is 0 Å². The average Bonchev–Trinajstić information content (AvgIpc) is 2.38. The second-order valence-corrected chi connectivity index (χ2v) is 4.55. The Morgan fingerprint density at radius 1 is 1.45 bits per heavy atom. The number of nitrogens with two attached hydrogens (primary N) is 1. The van der Waals surface area contributed by atoms with E-state index in [9.17, 15) is 4.79 Å². The molecule has 0 saturated carbocycles. The quantitative estimate of drug-likeness (QED) is 0.768. The molecular weight excluding hydrogens is 258 g/mol. The number of amides is 1. The van der Waals surface area contributed by atoms with Gasteiger partial charge in [-0.25, -0.2) is 4.98 Å². The first-order chi connectivity index (χ1) is 9.49. The Bertz CT molecular complexity index is 450. The zero-order valence-electron chi connectivity index (χ0n) is 12.5. The lowest BCUT2D eigenvalue weighted by atomic mass is 10.3. The third-order valence-corrected chi connectivity index (χ3v) is 2.56. The minimum absolute atomic E-state index is 0.0292. The van der Waals surface area contributed by atoms with Crippen molar-refractivity contribution >= 4 is 17.4 Å². The molecule has 1 aromatic rings. The number of nitrogen functional groups attached to an aromatic ring is 1. The molecule has 0 radical (unpaired) electrons. The van der Waals surface area contributed by atoms with Gasteiger partial charge in [0.1, 0.15) is 12.0 Å². The van der Waals surface area contributed by atoms with Gasteiger partial charge in [0.2, 0.25) is 11.8 Å². The topological polar surface area (TPSA) is 93.4 Å². The smallest absolute Gasteiger partial charge is 0.242 e. The van der Waals surface area contributed by atoms with Crippen molar-refractivity contribution in [2.45, 2.75) is 33.8 Å². The number of nitrogens with one attached hydrogen (secondary N) is 1. The lowest BCUT2D eigenvalue weighted by molar-refractivity contribution is -0.119. The summed E-state index contributed by atoms with van der Waals surface area (Å²) in [5.41, 5.74) is 6.39. The highest BCUT2D eigenvalue weighted by molar-refractivity contribution is 5.82. The molecule has 1 aromatic heterocycles. The van der Waals surface area contributed by atoms with Crippen molar-refractivity contribution in [3.8, 4) is 5.88 Å². The lowest BCUT2D eigenvalue weighted by Gasteiger charge is -2.23. The second-order valence-electron chi connectivity index (χ2n) is 4.55. The number of carbonyl (C=O) groups is 1. The van der Waals surface area contributed by atoms with Gasteiger partial charge >= 0.3 is 0 Å². The van der Waals surface area contributed by atoms with Crippen LogP contribution in [0.4, 0.5) is 11.5 Å². The number of hydrogen-bond acceptors (Lipinski definition) is 6. The molecule has 1 amide bonds. The fourth-order valence-corrected chi connectivity index (χ4v) is 1.70. The monoisotopic (exact) mass is 281 g/mol. The minimum atomic E-state index is -0.0707.